The van der Waals surface area contributed by atoms with Gasteiger partial charge in [0, 0.05) is 11.8 Å². The minimum absolute atomic E-state index is 0.144. The van der Waals surface area contributed by atoms with Gasteiger partial charge in [0.15, 0.2) is 17.9 Å². The van der Waals surface area contributed by atoms with Crippen LogP contribution in [0, 0.1) is 6.92 Å². The smallest absolute Gasteiger partial charge is 0.338 e. The van der Waals surface area contributed by atoms with Crippen molar-refractivity contribution in [3.05, 3.63) is 176 Å². The first-order valence-electron chi connectivity index (χ1n) is 17.3. The van der Waals surface area contributed by atoms with E-state index >= 15 is 0 Å². The molecule has 0 unspecified atom stereocenters. The summed E-state index contributed by atoms with van der Waals surface area (Å²) in [6.07, 6.45) is -3.79. The van der Waals surface area contributed by atoms with Crippen LogP contribution in [-0.4, -0.2) is 51.2 Å². The number of carbonyl (C=O) groups is 1. The number of nitrogens with zero attached hydrogens (tertiary/aromatic N) is 2. The van der Waals surface area contributed by atoms with Crippen LogP contribution >= 0.6 is 0 Å². The number of hydrogen-bond acceptors (Lipinski definition) is 9. The van der Waals surface area contributed by atoms with E-state index in [0.717, 1.165) is 21.3 Å². The minimum atomic E-state index is -1.38. The lowest BCUT2D eigenvalue weighted by Gasteiger charge is -2.35. The molecule has 5 aromatic rings. The number of rotatable bonds is 13. The standard InChI is InChI=1S/C41H38N2O9/c1-27-22-42(40(46)43(37(27)44)26-47-23-28-14-6-2-7-15-28)38-36-41(49-25-30-18-10-4-11-19-30)34(51-38)32(48-24-29-16-8-3-9-17-29)33(50-36)35(41)52-39(45)31-20-12-5-13-21-31/h2-22,32-36,38H,23-26H2,1H3/t32-,33+,34+,35+,36+,38+,41-/m0/s1. The van der Waals surface area contributed by atoms with E-state index < -0.39 is 59.6 Å². The van der Waals surface area contributed by atoms with Gasteiger partial charge in [0.25, 0.3) is 5.56 Å². The fourth-order valence-corrected chi connectivity index (χ4v) is 7.45. The maximum atomic E-state index is 14.2. The molecule has 3 fully saturated rings. The van der Waals surface area contributed by atoms with Gasteiger partial charge in [0.2, 0.25) is 0 Å². The summed E-state index contributed by atoms with van der Waals surface area (Å²) in [6.45, 7) is 1.95. The molecule has 0 N–H and O–H groups in total. The second-order valence-electron chi connectivity index (χ2n) is 13.2. The van der Waals surface area contributed by atoms with E-state index in [1.54, 1.807) is 31.2 Å². The number of aryl methyl sites for hydroxylation is 1. The van der Waals surface area contributed by atoms with E-state index in [-0.39, 0.29) is 26.6 Å². The Bertz CT molecular complexity index is 2120. The zero-order valence-corrected chi connectivity index (χ0v) is 28.5. The first-order valence-corrected chi connectivity index (χ1v) is 17.3. The monoisotopic (exact) mass is 702 g/mol. The Morgan fingerprint density at radius 3 is 1.94 bits per heavy atom. The lowest BCUT2D eigenvalue weighted by molar-refractivity contribution is -0.182. The second-order valence-corrected chi connectivity index (χ2v) is 13.2. The molecule has 8 rings (SSSR count). The van der Waals surface area contributed by atoms with Crippen LogP contribution in [0.4, 0.5) is 0 Å². The summed E-state index contributed by atoms with van der Waals surface area (Å²) in [6, 6.07) is 37.5. The summed E-state index contributed by atoms with van der Waals surface area (Å²) in [5.41, 5.74) is 0.901. The van der Waals surface area contributed by atoms with E-state index in [1.807, 2.05) is 97.1 Å². The number of ether oxygens (including phenoxy) is 6. The predicted octanol–water partition coefficient (Wildman–Crippen LogP) is 4.94. The van der Waals surface area contributed by atoms with Crippen molar-refractivity contribution in [3.8, 4) is 0 Å². The SMILES string of the molecule is Cc1cn([C@@H]2O[C@@H]3[C@@H](OCc4ccccc4)[C@H]4O[C@H]2[C@@]3(OCc2ccccc2)[C@@H]4OC(=O)c2ccccc2)c(=O)n(COCc2ccccc2)c1=O. The maximum absolute atomic E-state index is 14.2. The van der Waals surface area contributed by atoms with E-state index in [2.05, 4.69) is 0 Å². The average Bonchev–Trinajstić information content (AvgIpc) is 3.70. The molecule has 0 radical (unpaired) electrons. The van der Waals surface area contributed by atoms with Gasteiger partial charge in [-0.15, -0.1) is 0 Å². The fourth-order valence-electron chi connectivity index (χ4n) is 7.45. The van der Waals surface area contributed by atoms with Crippen molar-refractivity contribution in [2.75, 3.05) is 0 Å². The maximum Gasteiger partial charge on any atom is 0.338 e. The van der Waals surface area contributed by atoms with Gasteiger partial charge in [0.05, 0.1) is 25.4 Å². The summed E-state index contributed by atoms with van der Waals surface area (Å²) in [7, 11) is 0. The number of esters is 1. The van der Waals surface area contributed by atoms with Crippen LogP contribution < -0.4 is 11.2 Å². The van der Waals surface area contributed by atoms with Gasteiger partial charge in [-0.25, -0.2) is 14.2 Å². The molecule has 3 heterocycles. The van der Waals surface area contributed by atoms with Crippen LogP contribution in [0.3, 0.4) is 0 Å². The molecule has 1 aromatic heterocycles. The Balaban J connectivity index is 1.17. The first kappa shape index (κ1) is 33.9. The lowest BCUT2D eigenvalue weighted by Crippen LogP contribution is -2.55. The Morgan fingerprint density at radius 2 is 1.31 bits per heavy atom. The molecule has 2 aliphatic heterocycles. The van der Waals surface area contributed by atoms with Crippen LogP contribution in [0.5, 0.6) is 0 Å². The number of fused-ring (bicyclic) bond motifs is 1. The van der Waals surface area contributed by atoms with Gasteiger partial charge in [-0.05, 0) is 35.7 Å². The Kier molecular flexibility index (Phi) is 9.43. The third-order valence-corrected chi connectivity index (χ3v) is 9.94. The van der Waals surface area contributed by atoms with Crippen LogP contribution in [-0.2, 0) is 55.0 Å². The van der Waals surface area contributed by atoms with Crippen LogP contribution in [0.25, 0.3) is 0 Å². The minimum Gasteiger partial charge on any atom is -0.453 e. The highest BCUT2D eigenvalue weighted by Gasteiger charge is 2.80. The number of hydrogen-bond donors (Lipinski definition) is 0. The van der Waals surface area contributed by atoms with Gasteiger partial charge in [0.1, 0.15) is 31.1 Å². The van der Waals surface area contributed by atoms with Crippen molar-refractivity contribution < 1.29 is 33.2 Å². The zero-order valence-electron chi connectivity index (χ0n) is 28.5. The van der Waals surface area contributed by atoms with Crippen molar-refractivity contribution in [2.24, 2.45) is 0 Å². The molecule has 52 heavy (non-hydrogen) atoms. The molecular formula is C41H38N2O9. The molecule has 1 saturated carbocycles. The number of benzene rings is 4. The van der Waals surface area contributed by atoms with Crippen molar-refractivity contribution in [1.82, 2.24) is 9.13 Å². The van der Waals surface area contributed by atoms with E-state index in [1.165, 1.54) is 10.8 Å². The normalized spacial score (nSPS) is 25.7. The van der Waals surface area contributed by atoms with Gasteiger partial charge in [-0.3, -0.25) is 9.36 Å². The molecule has 3 aliphatic rings. The third kappa shape index (κ3) is 6.20. The quantitative estimate of drug-likeness (QED) is 0.158. The van der Waals surface area contributed by atoms with Crippen LogP contribution in [0.2, 0.25) is 0 Å². The van der Waals surface area contributed by atoms with Gasteiger partial charge in [-0.2, -0.15) is 0 Å². The Hall–Kier alpha value is -5.17. The molecule has 0 amide bonds. The lowest BCUT2D eigenvalue weighted by atomic mass is 9.92. The molecule has 0 spiro atoms. The average molecular weight is 703 g/mol. The van der Waals surface area contributed by atoms with Gasteiger partial charge in [-0.1, -0.05) is 109 Å². The molecule has 11 heteroatoms. The highest BCUT2D eigenvalue weighted by molar-refractivity contribution is 5.89. The third-order valence-electron chi connectivity index (χ3n) is 9.94. The molecule has 1 aliphatic carbocycles. The molecule has 11 nitrogen and oxygen atoms in total. The van der Waals surface area contributed by atoms with E-state index in [0.29, 0.717) is 11.1 Å². The number of carbonyl (C=O) groups excluding carboxylic acids is 1. The zero-order chi connectivity index (χ0) is 35.7. The predicted molar refractivity (Wildman–Crippen MR) is 188 cm³/mol. The summed E-state index contributed by atoms with van der Waals surface area (Å²) in [5, 5.41) is 0. The van der Waals surface area contributed by atoms with Crippen molar-refractivity contribution >= 4 is 5.97 Å². The molecule has 2 bridgehead atoms. The first-order chi connectivity index (χ1) is 25.4. The van der Waals surface area contributed by atoms with Crippen molar-refractivity contribution in [1.29, 1.82) is 0 Å². The molecule has 4 aromatic carbocycles. The fraction of sp³-hybridized carbons (Fsp3) is 0.293. The van der Waals surface area contributed by atoms with Crippen LogP contribution in [0.1, 0.15) is 38.8 Å². The molecule has 7 atom stereocenters. The Labute approximate surface area is 299 Å². The Morgan fingerprint density at radius 1 is 0.731 bits per heavy atom. The topological polar surface area (TPSA) is 116 Å². The number of aromatic nitrogens is 2. The molecule has 2 saturated heterocycles. The van der Waals surface area contributed by atoms with Crippen molar-refractivity contribution in [2.45, 2.75) is 75.8 Å². The largest absolute Gasteiger partial charge is 0.453 e. The van der Waals surface area contributed by atoms with E-state index in [9.17, 15) is 14.4 Å². The second kappa shape index (κ2) is 14.5. The summed E-state index contributed by atoms with van der Waals surface area (Å²) in [5.74, 6) is -0.550. The highest BCUT2D eigenvalue weighted by atomic mass is 16.7. The van der Waals surface area contributed by atoms with Crippen LogP contribution in [0.15, 0.2) is 137 Å². The van der Waals surface area contributed by atoms with Crippen molar-refractivity contribution in [3.63, 3.8) is 0 Å². The summed E-state index contributed by atoms with van der Waals surface area (Å²) >= 11 is 0. The van der Waals surface area contributed by atoms with Gasteiger partial charge >= 0.3 is 11.7 Å². The molecule has 266 valence electrons. The van der Waals surface area contributed by atoms with Gasteiger partial charge < -0.3 is 28.4 Å². The summed E-state index contributed by atoms with van der Waals surface area (Å²) < 4.78 is 41.4. The summed E-state index contributed by atoms with van der Waals surface area (Å²) in [4.78, 5) is 41.1. The highest BCUT2D eigenvalue weighted by Crippen LogP contribution is 2.59. The molecular weight excluding hydrogens is 664 g/mol. The van der Waals surface area contributed by atoms with E-state index in [4.69, 9.17) is 28.4 Å².